The van der Waals surface area contributed by atoms with Crippen molar-refractivity contribution in [1.29, 1.82) is 0 Å². The number of hydrogen-bond acceptors (Lipinski definition) is 4. The average molecular weight is 296 g/mol. The molecule has 116 valence electrons. The Bertz CT molecular complexity index is 488. The molecule has 1 aliphatic carbocycles. The first-order valence-electron chi connectivity index (χ1n) is 7.38. The van der Waals surface area contributed by atoms with E-state index in [1.807, 2.05) is 0 Å². The van der Waals surface area contributed by atoms with Gasteiger partial charge in [-0.2, -0.15) is 4.39 Å². The normalized spacial score (nSPS) is 22.2. The molecule has 0 unspecified atom stereocenters. The van der Waals surface area contributed by atoms with Crippen LogP contribution in [0.25, 0.3) is 0 Å². The van der Waals surface area contributed by atoms with Crippen molar-refractivity contribution in [1.82, 2.24) is 5.32 Å². The summed E-state index contributed by atoms with van der Waals surface area (Å²) in [5.41, 5.74) is 0.136. The first kappa shape index (κ1) is 15.9. The zero-order valence-corrected chi connectivity index (χ0v) is 12.2. The molecule has 0 atom stereocenters. The highest BCUT2D eigenvalue weighted by Crippen LogP contribution is 2.23. The van der Waals surface area contributed by atoms with Gasteiger partial charge < -0.3 is 10.1 Å². The smallest absolute Gasteiger partial charge is 0.304 e. The highest BCUT2D eigenvalue weighted by Gasteiger charge is 2.21. The minimum absolute atomic E-state index is 0.193. The molecular formula is C15H21FN2O3. The molecule has 1 aromatic carbocycles. The molecule has 1 N–H and O–H groups in total. The molecule has 0 radical (unpaired) electrons. The Hall–Kier alpha value is -1.53. The predicted molar refractivity (Wildman–Crippen MR) is 77.6 cm³/mol. The van der Waals surface area contributed by atoms with Gasteiger partial charge in [0, 0.05) is 12.1 Å². The van der Waals surface area contributed by atoms with Crippen molar-refractivity contribution >= 4 is 5.69 Å². The van der Waals surface area contributed by atoms with Crippen molar-refractivity contribution in [3.05, 3.63) is 39.7 Å². The van der Waals surface area contributed by atoms with Crippen LogP contribution in [0, 0.1) is 15.9 Å². The van der Waals surface area contributed by atoms with Gasteiger partial charge in [0.2, 0.25) is 5.82 Å². The van der Waals surface area contributed by atoms with Crippen LogP contribution in [0.5, 0.6) is 0 Å². The van der Waals surface area contributed by atoms with Crippen LogP contribution in [0.3, 0.4) is 0 Å². The van der Waals surface area contributed by atoms with E-state index in [1.54, 1.807) is 6.07 Å². The predicted octanol–water partition coefficient (Wildman–Crippen LogP) is 3.17. The third-order valence-electron chi connectivity index (χ3n) is 3.86. The van der Waals surface area contributed by atoms with E-state index in [0.717, 1.165) is 32.2 Å². The average Bonchev–Trinajstić information content (AvgIpc) is 2.46. The van der Waals surface area contributed by atoms with E-state index in [-0.39, 0.29) is 6.10 Å². The van der Waals surface area contributed by atoms with Crippen LogP contribution < -0.4 is 5.32 Å². The summed E-state index contributed by atoms with van der Waals surface area (Å²) in [6, 6.07) is 4.50. The van der Waals surface area contributed by atoms with Crippen LogP contribution in [0.1, 0.15) is 38.2 Å². The zero-order valence-electron chi connectivity index (χ0n) is 12.2. The van der Waals surface area contributed by atoms with E-state index in [2.05, 4.69) is 12.2 Å². The van der Waals surface area contributed by atoms with E-state index in [0.29, 0.717) is 18.2 Å². The summed E-state index contributed by atoms with van der Waals surface area (Å²) in [6.45, 7) is 3.38. The highest BCUT2D eigenvalue weighted by molar-refractivity contribution is 5.34. The van der Waals surface area contributed by atoms with Crippen molar-refractivity contribution in [2.45, 2.75) is 51.4 Å². The highest BCUT2D eigenvalue weighted by atomic mass is 19.1. The topological polar surface area (TPSA) is 64.4 Å². The molecule has 6 heteroatoms. The molecule has 1 aromatic rings. The first-order valence-corrected chi connectivity index (χ1v) is 7.38. The Morgan fingerprint density at radius 1 is 1.38 bits per heavy atom. The quantitative estimate of drug-likeness (QED) is 0.647. The minimum atomic E-state index is -0.808. The molecule has 5 nitrogen and oxygen atoms in total. The third-order valence-corrected chi connectivity index (χ3v) is 3.86. The van der Waals surface area contributed by atoms with Gasteiger partial charge in [-0.1, -0.05) is 6.92 Å². The Morgan fingerprint density at radius 3 is 2.67 bits per heavy atom. The summed E-state index contributed by atoms with van der Waals surface area (Å²) in [6.07, 6.45) is 4.36. The van der Waals surface area contributed by atoms with Crippen molar-refractivity contribution < 1.29 is 14.1 Å². The van der Waals surface area contributed by atoms with Crippen LogP contribution in [0.4, 0.5) is 10.1 Å². The van der Waals surface area contributed by atoms with Crippen LogP contribution in [0.15, 0.2) is 18.2 Å². The van der Waals surface area contributed by atoms with Crippen LogP contribution in [-0.4, -0.2) is 23.6 Å². The van der Waals surface area contributed by atoms with Gasteiger partial charge >= 0.3 is 5.69 Å². The maximum absolute atomic E-state index is 13.5. The van der Waals surface area contributed by atoms with Gasteiger partial charge in [0.05, 0.1) is 17.6 Å². The van der Waals surface area contributed by atoms with Crippen LogP contribution in [0.2, 0.25) is 0 Å². The third kappa shape index (κ3) is 4.47. The van der Waals surface area contributed by atoms with Gasteiger partial charge in [-0.25, -0.2) is 0 Å². The summed E-state index contributed by atoms with van der Waals surface area (Å²) < 4.78 is 19.3. The number of benzene rings is 1. The lowest BCUT2D eigenvalue weighted by atomic mass is 9.93. The SMILES string of the molecule is CCNC1CCC(OCc2ccc([N+](=O)[O-])c(F)c2)CC1. The minimum Gasteiger partial charge on any atom is -0.374 e. The number of nitrogens with one attached hydrogen (secondary N) is 1. The largest absolute Gasteiger partial charge is 0.374 e. The Labute approximate surface area is 123 Å². The van der Waals surface area contributed by atoms with Gasteiger partial charge in [-0.3, -0.25) is 10.1 Å². The van der Waals surface area contributed by atoms with Crippen LogP contribution >= 0.6 is 0 Å². The first-order chi connectivity index (χ1) is 10.1. The molecule has 0 spiro atoms. The number of nitro benzene ring substituents is 1. The molecule has 0 aliphatic heterocycles. The summed E-state index contributed by atoms with van der Waals surface area (Å²) in [5.74, 6) is -0.808. The van der Waals surface area contributed by atoms with Crippen LogP contribution in [-0.2, 0) is 11.3 Å². The number of halogens is 1. The molecule has 1 saturated carbocycles. The maximum Gasteiger partial charge on any atom is 0.304 e. The Balaban J connectivity index is 1.81. The number of ether oxygens (including phenoxy) is 1. The second-order valence-electron chi connectivity index (χ2n) is 5.39. The maximum atomic E-state index is 13.5. The van der Waals surface area contributed by atoms with E-state index in [4.69, 9.17) is 4.74 Å². The molecule has 0 heterocycles. The molecule has 0 amide bonds. The van der Waals surface area contributed by atoms with Crippen molar-refractivity contribution in [2.24, 2.45) is 0 Å². The lowest BCUT2D eigenvalue weighted by Crippen LogP contribution is -2.35. The summed E-state index contributed by atoms with van der Waals surface area (Å²) in [4.78, 5) is 9.83. The number of hydrogen-bond donors (Lipinski definition) is 1. The number of rotatable bonds is 6. The fourth-order valence-electron chi connectivity index (χ4n) is 2.72. The molecular weight excluding hydrogens is 275 g/mol. The van der Waals surface area contributed by atoms with Gasteiger partial charge in [0.1, 0.15) is 0 Å². The molecule has 0 aromatic heterocycles. The van der Waals surface area contributed by atoms with Gasteiger partial charge in [0.25, 0.3) is 0 Å². The number of nitrogens with zero attached hydrogens (tertiary/aromatic N) is 1. The fraction of sp³-hybridized carbons (Fsp3) is 0.600. The zero-order chi connectivity index (χ0) is 15.2. The van der Waals surface area contributed by atoms with Gasteiger partial charge in [-0.15, -0.1) is 0 Å². The number of nitro groups is 1. The van der Waals surface area contributed by atoms with Crippen molar-refractivity contribution in [3.8, 4) is 0 Å². The molecule has 1 aliphatic rings. The lowest BCUT2D eigenvalue weighted by Gasteiger charge is -2.29. The van der Waals surface area contributed by atoms with Crippen molar-refractivity contribution in [3.63, 3.8) is 0 Å². The van der Waals surface area contributed by atoms with E-state index < -0.39 is 16.4 Å². The molecule has 21 heavy (non-hydrogen) atoms. The standard InChI is InChI=1S/C15H21FN2O3/c1-2-17-12-4-6-13(7-5-12)21-10-11-3-8-15(18(19)20)14(16)9-11/h3,8-9,12-13,17H,2,4-7,10H2,1H3. The second kappa shape index (κ2) is 7.47. The lowest BCUT2D eigenvalue weighted by molar-refractivity contribution is -0.387. The van der Waals surface area contributed by atoms with Gasteiger partial charge in [-0.05, 0) is 49.9 Å². The van der Waals surface area contributed by atoms with Gasteiger partial charge in [0.15, 0.2) is 0 Å². The molecule has 0 saturated heterocycles. The second-order valence-corrected chi connectivity index (χ2v) is 5.39. The molecule has 0 bridgehead atoms. The van der Waals surface area contributed by atoms with E-state index in [1.165, 1.54) is 12.1 Å². The summed E-state index contributed by atoms with van der Waals surface area (Å²) in [7, 11) is 0. The molecule has 2 rings (SSSR count). The fourth-order valence-corrected chi connectivity index (χ4v) is 2.72. The summed E-state index contributed by atoms with van der Waals surface area (Å²) >= 11 is 0. The van der Waals surface area contributed by atoms with Crippen molar-refractivity contribution in [2.75, 3.05) is 6.54 Å². The Morgan fingerprint density at radius 2 is 2.10 bits per heavy atom. The Kier molecular flexibility index (Phi) is 5.64. The van der Waals surface area contributed by atoms with E-state index >= 15 is 0 Å². The summed E-state index contributed by atoms with van der Waals surface area (Å²) in [5, 5.41) is 14.0. The molecule has 1 fully saturated rings. The van der Waals surface area contributed by atoms with E-state index in [9.17, 15) is 14.5 Å². The monoisotopic (exact) mass is 296 g/mol.